The van der Waals surface area contributed by atoms with Crippen LogP contribution in [0, 0.1) is 6.92 Å². The van der Waals surface area contributed by atoms with Crippen LogP contribution in [0.3, 0.4) is 0 Å². The highest BCUT2D eigenvalue weighted by atomic mass is 16.5. The summed E-state index contributed by atoms with van der Waals surface area (Å²) in [5.41, 5.74) is 2.28. The second-order valence-corrected chi connectivity index (χ2v) is 3.58. The third kappa shape index (κ3) is 1.82. The zero-order valence-corrected chi connectivity index (χ0v) is 8.54. The Morgan fingerprint density at radius 2 is 2.43 bits per heavy atom. The van der Waals surface area contributed by atoms with Crippen LogP contribution < -0.4 is 10.1 Å². The smallest absolute Gasteiger partial charge is 0.143 e. The fraction of sp³-hybridized carbons (Fsp3) is 0.455. The molecule has 2 rings (SSSR count). The lowest BCUT2D eigenvalue weighted by atomic mass is 10.2. The highest BCUT2D eigenvalue weighted by Gasteiger charge is 2.18. The lowest BCUT2D eigenvalue weighted by Crippen LogP contribution is -2.34. The van der Waals surface area contributed by atoms with Gasteiger partial charge in [-0.25, -0.2) is 0 Å². The molecule has 3 heteroatoms. The van der Waals surface area contributed by atoms with Crippen LogP contribution in [0.2, 0.25) is 0 Å². The first-order valence-corrected chi connectivity index (χ1v) is 4.79. The van der Waals surface area contributed by atoms with Crippen molar-refractivity contribution in [3.05, 3.63) is 23.8 Å². The molecule has 76 valence electrons. The first-order chi connectivity index (χ1) is 6.79. The van der Waals surface area contributed by atoms with E-state index in [-0.39, 0.29) is 6.10 Å². The fourth-order valence-electron chi connectivity index (χ4n) is 1.60. The number of rotatable bonds is 2. The molecule has 1 N–H and O–H groups in total. The third-order valence-electron chi connectivity index (χ3n) is 2.30. The van der Waals surface area contributed by atoms with Crippen molar-refractivity contribution >= 4 is 5.69 Å². The molecule has 0 spiro atoms. The summed E-state index contributed by atoms with van der Waals surface area (Å²) in [4.78, 5) is 0. The van der Waals surface area contributed by atoms with E-state index in [1.807, 2.05) is 12.1 Å². The van der Waals surface area contributed by atoms with Gasteiger partial charge in [0.1, 0.15) is 11.9 Å². The van der Waals surface area contributed by atoms with Gasteiger partial charge in [-0.2, -0.15) is 0 Å². The van der Waals surface area contributed by atoms with Gasteiger partial charge in [-0.1, -0.05) is 6.07 Å². The second kappa shape index (κ2) is 3.88. The number of nitrogens with one attached hydrogen (secondary N) is 1. The molecule has 0 fully saturated rings. The Balaban J connectivity index is 2.16. The van der Waals surface area contributed by atoms with E-state index in [1.54, 1.807) is 7.11 Å². The minimum absolute atomic E-state index is 0.120. The Bertz CT molecular complexity index is 325. The largest absolute Gasteiger partial charge is 0.484 e. The number of fused-ring (bicyclic) bond motifs is 1. The number of aryl methyl sites for hydroxylation is 1. The monoisotopic (exact) mass is 193 g/mol. The Morgan fingerprint density at radius 3 is 3.21 bits per heavy atom. The van der Waals surface area contributed by atoms with Crippen molar-refractivity contribution in [3.63, 3.8) is 0 Å². The summed E-state index contributed by atoms with van der Waals surface area (Å²) >= 11 is 0. The van der Waals surface area contributed by atoms with Gasteiger partial charge in [0.15, 0.2) is 0 Å². The SMILES string of the molecule is COCC1CNc2ccc(C)cc2O1. The quantitative estimate of drug-likeness (QED) is 0.777. The highest BCUT2D eigenvalue weighted by Crippen LogP contribution is 2.29. The normalized spacial score (nSPS) is 19.4. The number of hydrogen-bond acceptors (Lipinski definition) is 3. The lowest BCUT2D eigenvalue weighted by Gasteiger charge is -2.27. The molecule has 0 saturated heterocycles. The van der Waals surface area contributed by atoms with Crippen molar-refractivity contribution in [1.82, 2.24) is 0 Å². The van der Waals surface area contributed by atoms with Crippen LogP contribution in [-0.2, 0) is 4.74 Å². The zero-order chi connectivity index (χ0) is 9.97. The Morgan fingerprint density at radius 1 is 1.57 bits per heavy atom. The number of hydrogen-bond donors (Lipinski definition) is 1. The minimum Gasteiger partial charge on any atom is -0.484 e. The van der Waals surface area contributed by atoms with Crippen molar-refractivity contribution in [2.24, 2.45) is 0 Å². The van der Waals surface area contributed by atoms with Gasteiger partial charge in [0.25, 0.3) is 0 Å². The Labute approximate surface area is 84.0 Å². The summed E-state index contributed by atoms with van der Waals surface area (Å²) in [6, 6.07) is 6.17. The van der Waals surface area contributed by atoms with Crippen molar-refractivity contribution in [1.29, 1.82) is 0 Å². The average Bonchev–Trinajstić information content (AvgIpc) is 2.17. The maximum Gasteiger partial charge on any atom is 0.143 e. The number of benzene rings is 1. The first kappa shape index (κ1) is 9.34. The summed E-state index contributed by atoms with van der Waals surface area (Å²) in [5.74, 6) is 0.929. The van der Waals surface area contributed by atoms with Gasteiger partial charge >= 0.3 is 0 Å². The fourth-order valence-corrected chi connectivity index (χ4v) is 1.60. The van der Waals surface area contributed by atoms with Crippen LogP contribution in [-0.4, -0.2) is 26.4 Å². The predicted octanol–water partition coefficient (Wildman–Crippen LogP) is 1.81. The average molecular weight is 193 g/mol. The Hall–Kier alpha value is -1.22. The maximum absolute atomic E-state index is 5.77. The molecule has 0 amide bonds. The summed E-state index contributed by atoms with van der Waals surface area (Å²) in [6.07, 6.45) is 0.120. The van der Waals surface area contributed by atoms with Crippen LogP contribution in [0.15, 0.2) is 18.2 Å². The minimum atomic E-state index is 0.120. The molecule has 1 aliphatic rings. The van der Waals surface area contributed by atoms with Crippen LogP contribution in [0.25, 0.3) is 0 Å². The molecule has 0 radical (unpaired) electrons. The van der Waals surface area contributed by atoms with E-state index in [0.717, 1.165) is 18.0 Å². The van der Waals surface area contributed by atoms with E-state index in [0.29, 0.717) is 6.61 Å². The van der Waals surface area contributed by atoms with E-state index < -0.39 is 0 Å². The molecular formula is C11H15NO2. The van der Waals surface area contributed by atoms with Gasteiger partial charge < -0.3 is 14.8 Å². The second-order valence-electron chi connectivity index (χ2n) is 3.58. The molecule has 0 bridgehead atoms. The van der Waals surface area contributed by atoms with E-state index in [1.165, 1.54) is 5.56 Å². The van der Waals surface area contributed by atoms with E-state index in [2.05, 4.69) is 18.3 Å². The van der Waals surface area contributed by atoms with Gasteiger partial charge in [0, 0.05) is 7.11 Å². The number of ether oxygens (including phenoxy) is 2. The van der Waals surface area contributed by atoms with E-state index >= 15 is 0 Å². The maximum atomic E-state index is 5.77. The van der Waals surface area contributed by atoms with Gasteiger partial charge in [0.2, 0.25) is 0 Å². The predicted molar refractivity (Wildman–Crippen MR) is 56.0 cm³/mol. The van der Waals surface area contributed by atoms with Crippen LogP contribution >= 0.6 is 0 Å². The van der Waals surface area contributed by atoms with Crippen LogP contribution in [0.5, 0.6) is 5.75 Å². The zero-order valence-electron chi connectivity index (χ0n) is 8.54. The van der Waals surface area contributed by atoms with Crippen LogP contribution in [0.1, 0.15) is 5.56 Å². The molecular weight excluding hydrogens is 178 g/mol. The summed E-state index contributed by atoms with van der Waals surface area (Å²) in [6.45, 7) is 3.49. The Kier molecular flexibility index (Phi) is 2.59. The van der Waals surface area contributed by atoms with Crippen molar-refractivity contribution < 1.29 is 9.47 Å². The molecule has 14 heavy (non-hydrogen) atoms. The summed E-state index contributed by atoms with van der Waals surface area (Å²) < 4.78 is 10.8. The third-order valence-corrected chi connectivity index (χ3v) is 2.30. The van der Waals surface area contributed by atoms with Gasteiger partial charge in [0.05, 0.1) is 18.8 Å². The van der Waals surface area contributed by atoms with Gasteiger partial charge in [-0.15, -0.1) is 0 Å². The number of anilines is 1. The van der Waals surface area contributed by atoms with Crippen molar-refractivity contribution in [2.45, 2.75) is 13.0 Å². The van der Waals surface area contributed by atoms with Gasteiger partial charge in [-0.3, -0.25) is 0 Å². The molecule has 1 aliphatic heterocycles. The molecule has 0 aromatic heterocycles. The highest BCUT2D eigenvalue weighted by molar-refractivity contribution is 5.59. The van der Waals surface area contributed by atoms with E-state index in [9.17, 15) is 0 Å². The van der Waals surface area contributed by atoms with E-state index in [4.69, 9.17) is 9.47 Å². The molecule has 1 atom stereocenters. The molecule has 1 unspecified atom stereocenters. The van der Waals surface area contributed by atoms with Crippen molar-refractivity contribution in [2.75, 3.05) is 25.6 Å². The standard InChI is InChI=1S/C11H15NO2/c1-8-3-4-10-11(5-8)14-9(6-12-10)7-13-2/h3-5,9,12H,6-7H2,1-2H3. The molecule has 1 aromatic carbocycles. The first-order valence-electron chi connectivity index (χ1n) is 4.79. The molecule has 1 aromatic rings. The molecule has 3 nitrogen and oxygen atoms in total. The number of methoxy groups -OCH3 is 1. The topological polar surface area (TPSA) is 30.5 Å². The molecule has 1 heterocycles. The van der Waals surface area contributed by atoms with Crippen LogP contribution in [0.4, 0.5) is 5.69 Å². The summed E-state index contributed by atoms with van der Waals surface area (Å²) in [5, 5.41) is 3.32. The lowest BCUT2D eigenvalue weighted by molar-refractivity contribution is 0.0847. The molecule has 0 saturated carbocycles. The van der Waals surface area contributed by atoms with Gasteiger partial charge in [-0.05, 0) is 24.6 Å². The van der Waals surface area contributed by atoms with Crippen molar-refractivity contribution in [3.8, 4) is 5.75 Å². The molecule has 0 aliphatic carbocycles. The summed E-state index contributed by atoms with van der Waals surface area (Å²) in [7, 11) is 1.69.